The van der Waals surface area contributed by atoms with Crippen LogP contribution in [0.25, 0.3) is 0 Å². The number of halogens is 2. The van der Waals surface area contributed by atoms with Crippen LogP contribution in [0.1, 0.15) is 0 Å². The second-order valence-corrected chi connectivity index (χ2v) is 49.0. The van der Waals surface area contributed by atoms with Crippen molar-refractivity contribution in [3.63, 3.8) is 0 Å². The monoisotopic (exact) mass is 809 g/mol. The van der Waals surface area contributed by atoms with E-state index in [1.54, 1.807) is 0 Å². The number of nitrogens with zero attached hydrogens (tertiary/aromatic N) is 1. The molecule has 0 amide bonds. The second-order valence-electron chi connectivity index (χ2n) is 6.18. The van der Waals surface area contributed by atoms with Crippen molar-refractivity contribution in [1.29, 1.82) is 0 Å². The summed E-state index contributed by atoms with van der Waals surface area (Å²) in [6.45, 7) is 0. The van der Waals surface area contributed by atoms with E-state index in [1.165, 1.54) is 15.9 Å². The molecule has 0 heterocycles. The van der Waals surface area contributed by atoms with E-state index in [-0.39, 0.29) is 15.9 Å². The third-order valence-corrected chi connectivity index (χ3v) is 8.08. The fraction of sp³-hybridized carbons (Fsp3) is 0. The Morgan fingerprint density at radius 1 is 0.483 bits per heavy atom. The molecule has 0 aliphatic rings. The van der Waals surface area contributed by atoms with Crippen LogP contribution in [-0.2, 0) is 15.9 Å². The summed E-state index contributed by atoms with van der Waals surface area (Å²) in [6, 6.07) is 42.4. The van der Waals surface area contributed by atoms with Gasteiger partial charge in [-0.3, -0.25) is 4.74 Å². The minimum absolute atomic E-state index is 0.143. The van der Waals surface area contributed by atoms with Gasteiger partial charge in [0.2, 0.25) is 0 Å². The first kappa shape index (κ1) is 23.2. The van der Waals surface area contributed by atoms with Crippen molar-refractivity contribution in [2.45, 2.75) is 0 Å². The molecule has 0 saturated heterocycles. The Balaban J connectivity index is 0.000000755. The molecule has 0 aliphatic heterocycles. The fourth-order valence-corrected chi connectivity index (χ4v) is 6.75. The molecular formula is C24H20HgI2NP. The summed E-state index contributed by atoms with van der Waals surface area (Å²) in [5.74, 6) is 0. The molecular weight excluding hydrogens is 788 g/mol. The van der Waals surface area contributed by atoms with Crippen molar-refractivity contribution in [1.82, 2.24) is 0 Å². The van der Waals surface area contributed by atoms with Crippen LogP contribution in [-0.4, -0.2) is 0 Å². The summed E-state index contributed by atoms with van der Waals surface area (Å²) in [7, 11) is -2.15. The summed E-state index contributed by atoms with van der Waals surface area (Å²) in [4.78, 5) is 0. The molecule has 142 valence electrons. The number of hydrogen-bond donors (Lipinski definition) is 0. The Kier molecular flexibility index (Phi) is 9.89. The molecule has 0 atom stereocenters. The molecule has 0 aromatic heterocycles. The van der Waals surface area contributed by atoms with Gasteiger partial charge in [-0.25, -0.2) is 0 Å². The van der Waals surface area contributed by atoms with E-state index >= 15 is 0 Å². The van der Waals surface area contributed by atoms with Crippen molar-refractivity contribution in [2.24, 2.45) is 4.74 Å². The van der Waals surface area contributed by atoms with E-state index < -0.39 is 7.05 Å². The Morgan fingerprint density at radius 2 is 0.759 bits per heavy atom. The summed E-state index contributed by atoms with van der Waals surface area (Å²) in [5.41, 5.74) is 1.01. The first-order valence-corrected chi connectivity index (χ1v) is 41.9. The summed E-state index contributed by atoms with van der Waals surface area (Å²) < 4.78 is 5.41. The third-order valence-electron chi connectivity index (χ3n) is 4.41. The molecule has 0 fully saturated rings. The maximum atomic E-state index is 5.41. The van der Waals surface area contributed by atoms with Gasteiger partial charge in [0.05, 0.1) is 12.7 Å². The van der Waals surface area contributed by atoms with Gasteiger partial charge in [0.15, 0.2) is 0 Å². The molecule has 0 bridgehead atoms. The van der Waals surface area contributed by atoms with Gasteiger partial charge in [-0.1, -0.05) is 109 Å². The molecule has 0 N–H and O–H groups in total. The SMILES string of the molecule is [I][Hg][I].c1ccc(N=P(c2ccccc2)(c2ccccc2)c2ccccc2)cc1. The molecule has 1 nitrogen and oxygen atoms in total. The summed E-state index contributed by atoms with van der Waals surface area (Å²) in [5, 5.41) is 3.80. The average molecular weight is 808 g/mol. The quantitative estimate of drug-likeness (QED) is 0.117. The van der Waals surface area contributed by atoms with Crippen LogP contribution >= 0.6 is 42.4 Å². The maximum absolute atomic E-state index is 5.41. The predicted octanol–water partition coefficient (Wildman–Crippen LogP) is 7.26. The minimum Gasteiger partial charge on any atom is -0.254 e. The fourth-order valence-electron chi connectivity index (χ4n) is 3.22. The molecule has 4 aromatic carbocycles. The number of rotatable bonds is 4. The Labute approximate surface area is 203 Å². The van der Waals surface area contributed by atoms with Gasteiger partial charge < -0.3 is 0 Å². The molecule has 0 aliphatic carbocycles. The molecule has 4 aromatic rings. The number of benzene rings is 4. The van der Waals surface area contributed by atoms with Crippen molar-refractivity contribution in [3.05, 3.63) is 121 Å². The van der Waals surface area contributed by atoms with Crippen LogP contribution in [0.4, 0.5) is 5.69 Å². The minimum atomic E-state index is -2.15. The van der Waals surface area contributed by atoms with Gasteiger partial charge in [-0.2, -0.15) is 0 Å². The zero-order valence-electron chi connectivity index (χ0n) is 15.9. The van der Waals surface area contributed by atoms with E-state index in [0.29, 0.717) is 0 Å². The number of hydrogen-bond acceptors (Lipinski definition) is 1. The Bertz CT molecular complexity index is 940. The van der Waals surface area contributed by atoms with Gasteiger partial charge >= 0.3 is 51.2 Å². The topological polar surface area (TPSA) is 12.4 Å². The van der Waals surface area contributed by atoms with Gasteiger partial charge in [-0.05, 0) is 12.1 Å². The molecule has 5 heteroatoms. The first-order chi connectivity index (χ1) is 14.3. The Hall–Kier alpha value is -0.495. The molecule has 0 unspecified atom stereocenters. The van der Waals surface area contributed by atoms with Gasteiger partial charge in [0.1, 0.15) is 0 Å². The van der Waals surface area contributed by atoms with E-state index in [2.05, 4.69) is 151 Å². The first-order valence-electron chi connectivity index (χ1n) is 9.27. The smallest absolute Gasteiger partial charge is 0.0625 e. The van der Waals surface area contributed by atoms with Crippen molar-refractivity contribution in [2.75, 3.05) is 0 Å². The molecule has 0 spiro atoms. The van der Waals surface area contributed by atoms with Gasteiger partial charge in [0, 0.05) is 15.9 Å². The van der Waals surface area contributed by atoms with Crippen LogP contribution in [0.5, 0.6) is 0 Å². The maximum Gasteiger partial charge on any atom is 0.0625 e. The standard InChI is InChI=1S/C24H20NP.Hg.2HI/c1-5-13-21(14-6-1)25-26(22-15-7-2-8-16-22,23-17-9-3-10-18-23)24-19-11-4-12-20-24;;;/h1-20H;;2*1H/q;+2;;/p-2. The Morgan fingerprint density at radius 3 is 1.07 bits per heavy atom. The van der Waals surface area contributed by atoms with Crippen molar-refractivity contribution >= 4 is 64.0 Å². The molecule has 29 heavy (non-hydrogen) atoms. The second kappa shape index (κ2) is 12.4. The van der Waals surface area contributed by atoms with Crippen molar-refractivity contribution < 1.29 is 15.9 Å². The van der Waals surface area contributed by atoms with Crippen LogP contribution in [0.2, 0.25) is 0 Å². The largest absolute Gasteiger partial charge is 0.254 e. The van der Waals surface area contributed by atoms with Crippen LogP contribution in [0.3, 0.4) is 0 Å². The zero-order valence-corrected chi connectivity index (χ0v) is 26.6. The molecule has 0 saturated carbocycles. The van der Waals surface area contributed by atoms with Crippen LogP contribution in [0, 0.1) is 0 Å². The van der Waals surface area contributed by atoms with E-state index in [4.69, 9.17) is 4.74 Å². The van der Waals surface area contributed by atoms with Crippen LogP contribution < -0.4 is 15.9 Å². The average Bonchev–Trinajstić information content (AvgIpc) is 2.80. The van der Waals surface area contributed by atoms with E-state index in [1.807, 2.05) is 6.07 Å². The van der Waals surface area contributed by atoms with E-state index in [0.717, 1.165) is 5.69 Å². The summed E-state index contributed by atoms with van der Waals surface area (Å²) in [6.07, 6.45) is 0. The predicted molar refractivity (Wildman–Crippen MR) is 142 cm³/mol. The molecule has 4 rings (SSSR count). The molecule has 0 radical (unpaired) electrons. The van der Waals surface area contributed by atoms with Crippen LogP contribution in [0.15, 0.2) is 126 Å². The van der Waals surface area contributed by atoms with Gasteiger partial charge in [0.25, 0.3) is 0 Å². The van der Waals surface area contributed by atoms with Crippen molar-refractivity contribution in [3.8, 4) is 0 Å². The zero-order chi connectivity index (χ0) is 20.4. The third kappa shape index (κ3) is 6.02. The van der Waals surface area contributed by atoms with Gasteiger partial charge in [-0.15, -0.1) is 0 Å². The summed E-state index contributed by atoms with van der Waals surface area (Å²) >= 11 is 4.85. The van der Waals surface area contributed by atoms with E-state index in [9.17, 15) is 0 Å². The normalized spacial score (nSPS) is 10.3.